The third-order valence-corrected chi connectivity index (χ3v) is 4.90. The number of hydrogen-bond donors (Lipinski definition) is 0. The molecule has 3 rings (SSSR count). The highest BCUT2D eigenvalue weighted by Crippen LogP contribution is 2.32. The molecule has 0 radical (unpaired) electrons. The van der Waals surface area contributed by atoms with Crippen LogP contribution in [0.4, 0.5) is 13.2 Å². The Morgan fingerprint density at radius 2 is 1.62 bits per heavy atom. The van der Waals surface area contributed by atoms with Gasteiger partial charge >= 0.3 is 12.1 Å². The SMILES string of the molecule is O=C(C1CCCN1C(=O)C(F)(F)F)N1CCC2(CC1)OCCCO2. The fourth-order valence-corrected chi connectivity index (χ4v) is 3.61. The monoisotopic (exact) mass is 350 g/mol. The number of likely N-dealkylation sites (tertiary alicyclic amines) is 2. The third kappa shape index (κ3) is 3.37. The number of alkyl halides is 3. The van der Waals surface area contributed by atoms with Gasteiger partial charge in [0.05, 0.1) is 13.2 Å². The van der Waals surface area contributed by atoms with Crippen LogP contribution in [0.25, 0.3) is 0 Å². The summed E-state index contributed by atoms with van der Waals surface area (Å²) < 4.78 is 49.4. The van der Waals surface area contributed by atoms with Gasteiger partial charge in [-0.15, -0.1) is 0 Å². The molecule has 3 aliphatic heterocycles. The molecule has 0 saturated carbocycles. The van der Waals surface area contributed by atoms with E-state index >= 15 is 0 Å². The maximum atomic E-state index is 12.7. The van der Waals surface area contributed by atoms with E-state index in [2.05, 4.69) is 0 Å². The molecular weight excluding hydrogens is 329 g/mol. The van der Waals surface area contributed by atoms with E-state index in [0.29, 0.717) is 50.5 Å². The van der Waals surface area contributed by atoms with Crippen molar-refractivity contribution in [3.8, 4) is 0 Å². The molecule has 3 saturated heterocycles. The average molecular weight is 350 g/mol. The second-order valence-corrected chi connectivity index (χ2v) is 6.44. The summed E-state index contributed by atoms with van der Waals surface area (Å²) in [5, 5.41) is 0. The van der Waals surface area contributed by atoms with E-state index in [1.165, 1.54) is 4.90 Å². The van der Waals surface area contributed by atoms with Crippen LogP contribution in [0, 0.1) is 0 Å². The molecule has 0 aromatic carbocycles. The second-order valence-electron chi connectivity index (χ2n) is 6.44. The molecule has 0 aromatic heterocycles. The number of nitrogens with zero attached hydrogens (tertiary/aromatic N) is 2. The van der Waals surface area contributed by atoms with Gasteiger partial charge in [-0.25, -0.2) is 0 Å². The van der Waals surface area contributed by atoms with Crippen molar-refractivity contribution in [2.45, 2.75) is 50.1 Å². The molecule has 9 heteroatoms. The first kappa shape index (κ1) is 17.5. The van der Waals surface area contributed by atoms with Gasteiger partial charge in [-0.1, -0.05) is 0 Å². The molecule has 2 amide bonds. The van der Waals surface area contributed by atoms with Crippen molar-refractivity contribution in [2.75, 3.05) is 32.8 Å². The van der Waals surface area contributed by atoms with Crippen LogP contribution in [0.1, 0.15) is 32.1 Å². The van der Waals surface area contributed by atoms with Crippen molar-refractivity contribution < 1.29 is 32.2 Å². The van der Waals surface area contributed by atoms with Gasteiger partial charge in [0.2, 0.25) is 5.91 Å². The van der Waals surface area contributed by atoms with Crippen LogP contribution < -0.4 is 0 Å². The highest BCUT2D eigenvalue weighted by Gasteiger charge is 2.49. The first-order valence-electron chi connectivity index (χ1n) is 8.27. The van der Waals surface area contributed by atoms with Crippen LogP contribution in [-0.4, -0.2) is 72.5 Å². The van der Waals surface area contributed by atoms with E-state index in [1.807, 2.05) is 0 Å². The summed E-state index contributed by atoms with van der Waals surface area (Å²) >= 11 is 0. The summed E-state index contributed by atoms with van der Waals surface area (Å²) in [5.74, 6) is -2.99. The molecule has 136 valence electrons. The molecule has 3 aliphatic rings. The number of rotatable bonds is 1. The molecule has 1 atom stereocenters. The van der Waals surface area contributed by atoms with Crippen molar-refractivity contribution in [1.82, 2.24) is 9.80 Å². The summed E-state index contributed by atoms with van der Waals surface area (Å²) in [4.78, 5) is 26.3. The lowest BCUT2D eigenvalue weighted by Gasteiger charge is -2.44. The molecule has 0 N–H and O–H groups in total. The predicted octanol–water partition coefficient (Wildman–Crippen LogP) is 1.30. The molecule has 3 fully saturated rings. The van der Waals surface area contributed by atoms with Crippen molar-refractivity contribution in [3.05, 3.63) is 0 Å². The highest BCUT2D eigenvalue weighted by atomic mass is 19.4. The van der Waals surface area contributed by atoms with Gasteiger partial charge in [-0.05, 0) is 19.3 Å². The Morgan fingerprint density at radius 3 is 2.21 bits per heavy atom. The molecular formula is C15H21F3N2O4. The standard InChI is InChI=1S/C15H21F3N2O4/c16-15(17,18)13(22)20-6-1-3-11(20)12(21)19-7-4-14(5-8-19)23-9-2-10-24-14/h11H,1-10H2. The minimum atomic E-state index is -4.95. The lowest BCUT2D eigenvalue weighted by Crippen LogP contribution is -2.56. The van der Waals surface area contributed by atoms with Gasteiger partial charge in [0, 0.05) is 32.5 Å². The molecule has 0 aromatic rings. The summed E-state index contributed by atoms with van der Waals surface area (Å²) in [6.45, 7) is 1.93. The smallest absolute Gasteiger partial charge is 0.350 e. The van der Waals surface area contributed by atoms with E-state index in [9.17, 15) is 22.8 Å². The van der Waals surface area contributed by atoms with Crippen molar-refractivity contribution in [1.29, 1.82) is 0 Å². The minimum absolute atomic E-state index is 0.0290. The minimum Gasteiger partial charge on any atom is -0.350 e. The van der Waals surface area contributed by atoms with Crippen LogP contribution in [0.2, 0.25) is 0 Å². The largest absolute Gasteiger partial charge is 0.471 e. The Hall–Kier alpha value is -1.35. The fourth-order valence-electron chi connectivity index (χ4n) is 3.61. The topological polar surface area (TPSA) is 59.1 Å². The lowest BCUT2D eigenvalue weighted by atomic mass is 10.0. The van der Waals surface area contributed by atoms with Crippen molar-refractivity contribution in [2.24, 2.45) is 0 Å². The van der Waals surface area contributed by atoms with Gasteiger partial charge in [-0.2, -0.15) is 13.2 Å². The van der Waals surface area contributed by atoms with E-state index < -0.39 is 29.8 Å². The van der Waals surface area contributed by atoms with Gasteiger partial charge in [0.25, 0.3) is 0 Å². The molecule has 24 heavy (non-hydrogen) atoms. The Labute approximate surface area is 137 Å². The quantitative estimate of drug-likeness (QED) is 0.715. The Bertz CT molecular complexity index is 495. The van der Waals surface area contributed by atoms with E-state index in [0.717, 1.165) is 6.42 Å². The number of ether oxygens (including phenoxy) is 2. The van der Waals surface area contributed by atoms with Crippen LogP contribution in [-0.2, 0) is 19.1 Å². The Kier molecular flexibility index (Phi) is 4.74. The number of amides is 2. The second kappa shape index (κ2) is 6.51. The summed E-state index contributed by atoms with van der Waals surface area (Å²) in [6.07, 6.45) is -2.44. The average Bonchev–Trinajstić information content (AvgIpc) is 3.03. The number of carbonyl (C=O) groups is 2. The Morgan fingerprint density at radius 1 is 1.00 bits per heavy atom. The van der Waals surface area contributed by atoms with E-state index in [-0.39, 0.29) is 13.0 Å². The van der Waals surface area contributed by atoms with Crippen molar-refractivity contribution in [3.63, 3.8) is 0 Å². The summed E-state index contributed by atoms with van der Waals surface area (Å²) in [5.41, 5.74) is 0. The van der Waals surface area contributed by atoms with Gasteiger partial charge in [-0.3, -0.25) is 9.59 Å². The molecule has 0 bridgehead atoms. The van der Waals surface area contributed by atoms with Gasteiger partial charge in [0.1, 0.15) is 6.04 Å². The van der Waals surface area contributed by atoms with Crippen LogP contribution in [0.15, 0.2) is 0 Å². The van der Waals surface area contributed by atoms with Gasteiger partial charge < -0.3 is 19.3 Å². The summed E-state index contributed by atoms with van der Waals surface area (Å²) in [7, 11) is 0. The molecule has 0 aliphatic carbocycles. The molecule has 3 heterocycles. The Balaban J connectivity index is 1.61. The number of carbonyl (C=O) groups excluding carboxylic acids is 2. The lowest BCUT2D eigenvalue weighted by molar-refractivity contribution is -0.282. The fraction of sp³-hybridized carbons (Fsp3) is 0.867. The maximum Gasteiger partial charge on any atom is 0.471 e. The summed E-state index contributed by atoms with van der Waals surface area (Å²) in [6, 6.07) is -1.01. The van der Waals surface area contributed by atoms with E-state index in [1.54, 1.807) is 0 Å². The molecule has 6 nitrogen and oxygen atoms in total. The zero-order valence-corrected chi connectivity index (χ0v) is 13.3. The first-order valence-corrected chi connectivity index (χ1v) is 8.27. The van der Waals surface area contributed by atoms with Crippen LogP contribution >= 0.6 is 0 Å². The maximum absolute atomic E-state index is 12.7. The van der Waals surface area contributed by atoms with Crippen molar-refractivity contribution >= 4 is 11.8 Å². The highest BCUT2D eigenvalue weighted by molar-refractivity contribution is 5.90. The number of piperidine rings is 1. The number of halogens is 3. The van der Waals surface area contributed by atoms with Gasteiger partial charge in [0.15, 0.2) is 5.79 Å². The van der Waals surface area contributed by atoms with Crippen LogP contribution in [0.5, 0.6) is 0 Å². The number of hydrogen-bond acceptors (Lipinski definition) is 4. The third-order valence-electron chi connectivity index (χ3n) is 4.90. The zero-order valence-electron chi connectivity index (χ0n) is 13.3. The zero-order chi connectivity index (χ0) is 17.4. The molecule has 1 spiro atoms. The van der Waals surface area contributed by atoms with Crippen LogP contribution in [0.3, 0.4) is 0 Å². The predicted molar refractivity (Wildman–Crippen MR) is 75.9 cm³/mol. The molecule has 1 unspecified atom stereocenters. The first-order chi connectivity index (χ1) is 11.3. The normalized spacial score (nSPS) is 27.5. The van der Waals surface area contributed by atoms with E-state index in [4.69, 9.17) is 9.47 Å².